The Bertz CT molecular complexity index is 1090. The molecular weight excluding hydrogens is 354 g/mol. The normalized spacial score (nSPS) is 10.6. The standard InChI is InChI=1S/C22H17N3O3/c26-20(25-22-23-18-8-4-5-9-19(18)24-22)14-28-17-12-10-16(11-13-17)21(27)15-6-2-1-3-7-15/h1-13H,14H2,(H2,23,24,25,26). The molecule has 0 saturated heterocycles. The zero-order valence-corrected chi connectivity index (χ0v) is 14.9. The van der Waals surface area contributed by atoms with E-state index in [0.29, 0.717) is 22.8 Å². The molecule has 0 aliphatic rings. The van der Waals surface area contributed by atoms with Crippen molar-refractivity contribution in [2.45, 2.75) is 0 Å². The van der Waals surface area contributed by atoms with Crippen LogP contribution in [0.3, 0.4) is 0 Å². The summed E-state index contributed by atoms with van der Waals surface area (Å²) in [5.74, 6) is 0.487. The molecule has 3 aromatic carbocycles. The average molecular weight is 371 g/mol. The Hall–Kier alpha value is -3.93. The average Bonchev–Trinajstić information content (AvgIpc) is 3.15. The molecule has 6 heteroatoms. The number of para-hydroxylation sites is 2. The second-order valence-electron chi connectivity index (χ2n) is 6.16. The van der Waals surface area contributed by atoms with Gasteiger partial charge in [-0.05, 0) is 36.4 Å². The molecule has 0 radical (unpaired) electrons. The van der Waals surface area contributed by atoms with Crippen molar-refractivity contribution in [2.24, 2.45) is 0 Å². The molecule has 0 aliphatic carbocycles. The van der Waals surface area contributed by atoms with Gasteiger partial charge >= 0.3 is 0 Å². The second-order valence-corrected chi connectivity index (χ2v) is 6.16. The van der Waals surface area contributed by atoms with Crippen LogP contribution in [0.2, 0.25) is 0 Å². The van der Waals surface area contributed by atoms with Crippen LogP contribution < -0.4 is 10.1 Å². The van der Waals surface area contributed by atoms with Crippen LogP contribution in [0.1, 0.15) is 15.9 Å². The molecule has 4 aromatic rings. The molecule has 0 bridgehead atoms. The molecule has 0 spiro atoms. The van der Waals surface area contributed by atoms with Crippen LogP contribution in [0, 0.1) is 0 Å². The van der Waals surface area contributed by atoms with Gasteiger partial charge in [0, 0.05) is 11.1 Å². The number of H-pyrrole nitrogens is 1. The monoisotopic (exact) mass is 371 g/mol. The molecule has 6 nitrogen and oxygen atoms in total. The highest BCUT2D eigenvalue weighted by Crippen LogP contribution is 2.16. The molecule has 1 aromatic heterocycles. The summed E-state index contributed by atoms with van der Waals surface area (Å²) in [6.45, 7) is -0.164. The van der Waals surface area contributed by atoms with Crippen molar-refractivity contribution in [3.8, 4) is 5.75 Å². The van der Waals surface area contributed by atoms with Gasteiger partial charge < -0.3 is 9.72 Å². The van der Waals surface area contributed by atoms with Gasteiger partial charge in [0.1, 0.15) is 5.75 Å². The number of aromatic amines is 1. The number of nitrogens with one attached hydrogen (secondary N) is 2. The third-order valence-corrected chi connectivity index (χ3v) is 4.17. The highest BCUT2D eigenvalue weighted by atomic mass is 16.5. The van der Waals surface area contributed by atoms with Crippen LogP contribution in [0.5, 0.6) is 5.75 Å². The van der Waals surface area contributed by atoms with Crippen molar-refractivity contribution >= 4 is 28.7 Å². The van der Waals surface area contributed by atoms with Crippen molar-refractivity contribution in [3.05, 3.63) is 90.0 Å². The number of fused-ring (bicyclic) bond motifs is 1. The van der Waals surface area contributed by atoms with Crippen molar-refractivity contribution in [3.63, 3.8) is 0 Å². The van der Waals surface area contributed by atoms with Gasteiger partial charge in [0.25, 0.3) is 5.91 Å². The first kappa shape index (κ1) is 17.5. The maximum atomic E-state index is 12.4. The van der Waals surface area contributed by atoms with E-state index in [2.05, 4.69) is 15.3 Å². The van der Waals surface area contributed by atoms with E-state index in [1.165, 1.54) is 0 Å². The van der Waals surface area contributed by atoms with Crippen LogP contribution in [-0.2, 0) is 4.79 Å². The topological polar surface area (TPSA) is 84.1 Å². The third kappa shape index (κ3) is 3.91. The van der Waals surface area contributed by atoms with E-state index in [-0.39, 0.29) is 18.3 Å². The number of aromatic nitrogens is 2. The van der Waals surface area contributed by atoms with Crippen LogP contribution in [0.25, 0.3) is 11.0 Å². The number of imidazole rings is 1. The highest BCUT2D eigenvalue weighted by Gasteiger charge is 2.10. The molecule has 0 aliphatic heterocycles. The minimum Gasteiger partial charge on any atom is -0.484 e. The number of ketones is 1. The number of hydrogen-bond donors (Lipinski definition) is 2. The molecular formula is C22H17N3O3. The summed E-state index contributed by atoms with van der Waals surface area (Å²) in [6, 6.07) is 23.3. The quantitative estimate of drug-likeness (QED) is 0.505. The molecule has 138 valence electrons. The van der Waals surface area contributed by atoms with Crippen molar-refractivity contribution < 1.29 is 14.3 Å². The van der Waals surface area contributed by atoms with E-state index < -0.39 is 0 Å². The van der Waals surface area contributed by atoms with Crippen molar-refractivity contribution in [2.75, 3.05) is 11.9 Å². The van der Waals surface area contributed by atoms with E-state index in [1.54, 1.807) is 36.4 Å². The van der Waals surface area contributed by atoms with Crippen molar-refractivity contribution in [1.82, 2.24) is 9.97 Å². The van der Waals surface area contributed by atoms with Crippen LogP contribution >= 0.6 is 0 Å². The summed E-state index contributed by atoms with van der Waals surface area (Å²) in [5.41, 5.74) is 2.81. The van der Waals surface area contributed by atoms with Gasteiger partial charge in [0.05, 0.1) is 11.0 Å². The van der Waals surface area contributed by atoms with Crippen molar-refractivity contribution in [1.29, 1.82) is 0 Å². The summed E-state index contributed by atoms with van der Waals surface area (Å²) in [4.78, 5) is 31.8. The minimum absolute atomic E-state index is 0.0604. The molecule has 1 amide bonds. The minimum atomic E-state index is -0.330. The Morgan fingerprint density at radius 1 is 0.857 bits per heavy atom. The number of ether oxygens (including phenoxy) is 1. The molecule has 28 heavy (non-hydrogen) atoms. The molecule has 0 atom stereocenters. The zero-order chi connectivity index (χ0) is 19.3. The van der Waals surface area contributed by atoms with E-state index in [0.717, 1.165) is 11.0 Å². The highest BCUT2D eigenvalue weighted by molar-refractivity contribution is 6.09. The van der Waals surface area contributed by atoms with E-state index in [4.69, 9.17) is 4.74 Å². The molecule has 4 rings (SSSR count). The number of benzene rings is 3. The number of amides is 1. The molecule has 1 heterocycles. The lowest BCUT2D eigenvalue weighted by atomic mass is 10.0. The fourth-order valence-electron chi connectivity index (χ4n) is 2.79. The number of rotatable bonds is 6. The van der Waals surface area contributed by atoms with Gasteiger partial charge in [-0.3, -0.25) is 14.9 Å². The Balaban J connectivity index is 1.34. The predicted octanol–water partition coefficient (Wildman–Crippen LogP) is 3.81. The Morgan fingerprint density at radius 3 is 2.29 bits per heavy atom. The largest absolute Gasteiger partial charge is 0.484 e. The first-order chi connectivity index (χ1) is 13.7. The molecule has 2 N–H and O–H groups in total. The van der Waals surface area contributed by atoms with Gasteiger partial charge in [0.15, 0.2) is 12.4 Å². The lowest BCUT2D eigenvalue weighted by molar-refractivity contribution is -0.118. The molecule has 0 unspecified atom stereocenters. The Labute approximate surface area is 161 Å². The van der Waals surface area contributed by atoms with Gasteiger partial charge in [0.2, 0.25) is 5.95 Å². The zero-order valence-electron chi connectivity index (χ0n) is 14.9. The van der Waals surface area contributed by atoms with Gasteiger partial charge in [-0.25, -0.2) is 4.98 Å². The van der Waals surface area contributed by atoms with Gasteiger partial charge in [-0.1, -0.05) is 42.5 Å². The summed E-state index contributed by atoms with van der Waals surface area (Å²) >= 11 is 0. The van der Waals surface area contributed by atoms with Crippen LogP contribution in [0.4, 0.5) is 5.95 Å². The van der Waals surface area contributed by atoms with Gasteiger partial charge in [-0.15, -0.1) is 0 Å². The fourth-order valence-corrected chi connectivity index (χ4v) is 2.79. The van der Waals surface area contributed by atoms with Gasteiger partial charge in [-0.2, -0.15) is 0 Å². The maximum absolute atomic E-state index is 12.4. The number of hydrogen-bond acceptors (Lipinski definition) is 4. The number of carbonyl (C=O) groups is 2. The number of nitrogens with zero attached hydrogens (tertiary/aromatic N) is 1. The third-order valence-electron chi connectivity index (χ3n) is 4.17. The smallest absolute Gasteiger partial charge is 0.264 e. The maximum Gasteiger partial charge on any atom is 0.264 e. The first-order valence-electron chi connectivity index (χ1n) is 8.76. The van der Waals surface area contributed by atoms with E-state index >= 15 is 0 Å². The van der Waals surface area contributed by atoms with E-state index in [1.807, 2.05) is 42.5 Å². The summed E-state index contributed by atoms with van der Waals surface area (Å²) in [6.07, 6.45) is 0. The number of carbonyl (C=O) groups excluding carboxylic acids is 2. The first-order valence-corrected chi connectivity index (χ1v) is 8.76. The lowest BCUT2D eigenvalue weighted by Gasteiger charge is -2.07. The Morgan fingerprint density at radius 2 is 1.54 bits per heavy atom. The van der Waals surface area contributed by atoms with Crippen LogP contribution in [-0.4, -0.2) is 28.3 Å². The fraction of sp³-hybridized carbons (Fsp3) is 0.0455. The lowest BCUT2D eigenvalue weighted by Crippen LogP contribution is -2.20. The number of anilines is 1. The van der Waals surface area contributed by atoms with Crippen LogP contribution in [0.15, 0.2) is 78.9 Å². The summed E-state index contributed by atoms with van der Waals surface area (Å²) < 4.78 is 5.49. The summed E-state index contributed by atoms with van der Waals surface area (Å²) in [5, 5.41) is 2.67. The Kier molecular flexibility index (Phi) is 4.84. The summed E-state index contributed by atoms with van der Waals surface area (Å²) in [7, 11) is 0. The molecule has 0 fully saturated rings. The second kappa shape index (κ2) is 7.75. The molecule has 0 saturated carbocycles. The SMILES string of the molecule is O=C(COc1ccc(C(=O)c2ccccc2)cc1)Nc1nc2ccccc2[nH]1. The predicted molar refractivity (Wildman–Crippen MR) is 107 cm³/mol. The van der Waals surface area contributed by atoms with E-state index in [9.17, 15) is 9.59 Å².